The quantitative estimate of drug-likeness (QED) is 0.0935. The number of piperazine rings is 1. The molecule has 2 fully saturated rings. The molecule has 39 heavy (non-hydrogen) atoms. The Labute approximate surface area is 228 Å². The number of nitrogens with zero attached hydrogens (tertiary/aromatic N) is 4. The molecule has 1 aromatic carbocycles. The lowest BCUT2D eigenvalue weighted by atomic mass is 10.2. The average molecular weight is 546 g/mol. The Bertz CT molecular complexity index is 1020. The van der Waals surface area contributed by atoms with Crippen molar-refractivity contribution in [2.75, 3.05) is 57.8 Å². The molecule has 0 saturated carbocycles. The third-order valence-electron chi connectivity index (χ3n) is 6.59. The summed E-state index contributed by atoms with van der Waals surface area (Å²) in [6.45, 7) is 5.67. The number of urea groups is 1. The first kappa shape index (κ1) is 29.7. The predicted octanol–water partition coefficient (Wildman–Crippen LogP) is 1.22. The summed E-state index contributed by atoms with van der Waals surface area (Å²) in [7, 11) is 1.99. The Morgan fingerprint density at radius 1 is 1.08 bits per heavy atom. The minimum Gasteiger partial charge on any atom is -0.466 e. The van der Waals surface area contributed by atoms with E-state index in [0.717, 1.165) is 32.4 Å². The van der Waals surface area contributed by atoms with Gasteiger partial charge in [-0.2, -0.15) is 0 Å². The van der Waals surface area contributed by atoms with Gasteiger partial charge in [0.05, 0.1) is 13.0 Å². The maximum atomic E-state index is 12.9. The number of hydrogen-bond donors (Lipinski definition) is 3. The van der Waals surface area contributed by atoms with E-state index in [1.54, 1.807) is 34.1 Å². The van der Waals surface area contributed by atoms with Crippen LogP contribution < -0.4 is 21.3 Å². The van der Waals surface area contributed by atoms with Crippen LogP contribution in [0.25, 0.3) is 0 Å². The lowest BCUT2D eigenvalue weighted by Gasteiger charge is -2.30. The molecule has 1 atom stereocenters. The van der Waals surface area contributed by atoms with E-state index in [1.807, 2.05) is 7.05 Å². The highest BCUT2D eigenvalue weighted by molar-refractivity contribution is 6.02. The summed E-state index contributed by atoms with van der Waals surface area (Å²) in [4.78, 5) is 59.2. The van der Waals surface area contributed by atoms with Gasteiger partial charge in [-0.3, -0.25) is 14.4 Å². The molecule has 13 nitrogen and oxygen atoms in total. The number of carbonyl (C=O) groups is 4. The van der Waals surface area contributed by atoms with Crippen molar-refractivity contribution in [3.8, 4) is 0 Å². The number of rotatable bonds is 11. The summed E-state index contributed by atoms with van der Waals surface area (Å²) < 4.78 is 5.10. The van der Waals surface area contributed by atoms with Crippen LogP contribution in [0.4, 0.5) is 15.3 Å². The van der Waals surface area contributed by atoms with Gasteiger partial charge in [0, 0.05) is 50.5 Å². The minimum absolute atomic E-state index is 0.0397. The molecule has 4 N–H and O–H groups in total. The Kier molecular flexibility index (Phi) is 11.3. The minimum atomic E-state index is -0.675. The van der Waals surface area contributed by atoms with E-state index in [0.29, 0.717) is 43.9 Å². The second-order valence-corrected chi connectivity index (χ2v) is 9.58. The summed E-state index contributed by atoms with van der Waals surface area (Å²) in [5.74, 6) is -0.564. The maximum absolute atomic E-state index is 12.9. The number of hydrogen-bond acceptors (Lipinski definition) is 8. The van der Waals surface area contributed by atoms with Crippen LogP contribution in [0.3, 0.4) is 0 Å². The van der Waals surface area contributed by atoms with Crippen LogP contribution in [0.5, 0.6) is 0 Å². The molecule has 0 radical (unpaired) electrons. The van der Waals surface area contributed by atoms with Gasteiger partial charge in [0.1, 0.15) is 6.04 Å². The first-order valence-corrected chi connectivity index (χ1v) is 13.4. The van der Waals surface area contributed by atoms with Gasteiger partial charge in [0.25, 0.3) is 0 Å². The van der Waals surface area contributed by atoms with Crippen LogP contribution in [-0.4, -0.2) is 98.6 Å². The Balaban J connectivity index is 1.41. The number of nitrogens with one attached hydrogen (secondary N) is 2. The molecule has 0 aliphatic carbocycles. The van der Waals surface area contributed by atoms with E-state index in [4.69, 9.17) is 15.3 Å². The fourth-order valence-electron chi connectivity index (χ4n) is 4.17. The molecule has 2 aliphatic heterocycles. The Morgan fingerprint density at radius 2 is 1.79 bits per heavy atom. The molecular weight excluding hydrogens is 506 g/mol. The second-order valence-electron chi connectivity index (χ2n) is 9.58. The maximum Gasteiger partial charge on any atom is 0.436 e. The molecule has 4 amide bonds. The first-order valence-electron chi connectivity index (χ1n) is 13.4. The van der Waals surface area contributed by atoms with Gasteiger partial charge >= 0.3 is 18.1 Å². The number of esters is 1. The van der Waals surface area contributed by atoms with Gasteiger partial charge in [0.15, 0.2) is 5.84 Å². The van der Waals surface area contributed by atoms with Crippen LogP contribution in [0.1, 0.15) is 44.6 Å². The molecule has 0 aromatic heterocycles. The zero-order valence-electron chi connectivity index (χ0n) is 22.7. The van der Waals surface area contributed by atoms with Crippen molar-refractivity contribution in [2.45, 2.75) is 45.1 Å². The third-order valence-corrected chi connectivity index (χ3v) is 6.59. The van der Waals surface area contributed by atoms with Gasteiger partial charge in [-0.05, 0) is 44.2 Å². The molecule has 1 aromatic rings. The summed E-state index contributed by atoms with van der Waals surface area (Å²) in [6.07, 6.45) is 2.84. The van der Waals surface area contributed by atoms with Gasteiger partial charge in [-0.15, -0.1) is 0 Å². The topological polar surface area (TPSA) is 159 Å². The van der Waals surface area contributed by atoms with Gasteiger partial charge in [-0.1, -0.05) is 24.9 Å². The van der Waals surface area contributed by atoms with Crippen molar-refractivity contribution in [3.63, 3.8) is 0 Å². The SMILES string of the molecule is CCCCCOC(=O)CCNC(=O)NC1CCN(c2ccc(C(N)=NOC(=O)N3CCN(C)CC3)cc2)C1=O. The van der Waals surface area contributed by atoms with Crippen molar-refractivity contribution >= 4 is 35.5 Å². The van der Waals surface area contributed by atoms with Crippen molar-refractivity contribution in [1.82, 2.24) is 20.4 Å². The summed E-state index contributed by atoms with van der Waals surface area (Å²) >= 11 is 0. The highest BCUT2D eigenvalue weighted by Gasteiger charge is 2.33. The van der Waals surface area contributed by atoms with Gasteiger partial charge < -0.3 is 35.8 Å². The van der Waals surface area contributed by atoms with Crippen LogP contribution in [0, 0.1) is 0 Å². The largest absolute Gasteiger partial charge is 0.466 e. The number of likely N-dealkylation sites (N-methyl/N-ethyl adjacent to an activating group) is 1. The second kappa shape index (κ2) is 14.9. The molecule has 2 heterocycles. The fraction of sp³-hybridized carbons (Fsp3) is 0.577. The van der Waals surface area contributed by atoms with Crippen LogP contribution >= 0.6 is 0 Å². The number of anilines is 1. The van der Waals surface area contributed by atoms with E-state index >= 15 is 0 Å². The number of unbranched alkanes of at least 4 members (excludes halogenated alkanes) is 2. The van der Waals surface area contributed by atoms with Crippen molar-refractivity contribution in [1.29, 1.82) is 0 Å². The first-order chi connectivity index (χ1) is 18.8. The van der Waals surface area contributed by atoms with Crippen molar-refractivity contribution in [2.24, 2.45) is 10.9 Å². The number of oxime groups is 1. The zero-order chi connectivity index (χ0) is 28.2. The standard InChI is InChI=1S/C26H39N7O6/c1-3-4-5-18-38-22(34)10-12-28-25(36)29-21-11-13-33(24(21)35)20-8-6-19(7-9-20)23(27)30-39-26(37)32-16-14-31(2)15-17-32/h6-9,21H,3-5,10-18H2,1-2H3,(H2,27,30)(H2,28,29,36). The molecule has 1 unspecified atom stereocenters. The Morgan fingerprint density at radius 3 is 2.49 bits per heavy atom. The zero-order valence-corrected chi connectivity index (χ0v) is 22.7. The lowest BCUT2D eigenvalue weighted by Crippen LogP contribution is -2.47. The van der Waals surface area contributed by atoms with E-state index in [2.05, 4.69) is 27.6 Å². The Hall–Kier alpha value is -3.87. The van der Waals surface area contributed by atoms with E-state index < -0.39 is 18.2 Å². The summed E-state index contributed by atoms with van der Waals surface area (Å²) in [5.41, 5.74) is 7.16. The van der Waals surface area contributed by atoms with Crippen LogP contribution in [0.15, 0.2) is 29.4 Å². The number of ether oxygens (including phenoxy) is 1. The van der Waals surface area contributed by atoms with Gasteiger partial charge in [0.2, 0.25) is 5.91 Å². The predicted molar refractivity (Wildman–Crippen MR) is 145 cm³/mol. The van der Waals surface area contributed by atoms with Gasteiger partial charge in [-0.25, -0.2) is 9.59 Å². The molecule has 2 saturated heterocycles. The van der Waals surface area contributed by atoms with E-state index in [1.165, 1.54) is 0 Å². The van der Waals surface area contributed by atoms with Crippen LogP contribution in [0.2, 0.25) is 0 Å². The number of amides is 4. The molecule has 2 aliphatic rings. The third kappa shape index (κ3) is 9.13. The lowest BCUT2D eigenvalue weighted by molar-refractivity contribution is -0.143. The van der Waals surface area contributed by atoms with E-state index in [-0.39, 0.29) is 30.7 Å². The summed E-state index contributed by atoms with van der Waals surface area (Å²) in [6, 6.07) is 5.60. The van der Waals surface area contributed by atoms with E-state index in [9.17, 15) is 19.2 Å². The molecule has 0 spiro atoms. The fourth-order valence-corrected chi connectivity index (χ4v) is 4.17. The number of amidine groups is 1. The molecule has 214 valence electrons. The number of benzene rings is 1. The van der Waals surface area contributed by atoms with Crippen molar-refractivity contribution in [3.05, 3.63) is 29.8 Å². The highest BCUT2D eigenvalue weighted by atomic mass is 16.7. The highest BCUT2D eigenvalue weighted by Crippen LogP contribution is 2.22. The molecular formula is C26H39N7O6. The molecule has 3 rings (SSSR count). The van der Waals surface area contributed by atoms with Crippen molar-refractivity contribution < 1.29 is 28.8 Å². The number of carbonyl (C=O) groups excluding carboxylic acids is 4. The number of nitrogens with two attached hydrogens (primary N) is 1. The molecule has 13 heteroatoms. The summed E-state index contributed by atoms with van der Waals surface area (Å²) in [5, 5.41) is 9.01. The monoisotopic (exact) mass is 545 g/mol. The normalized spacial score (nSPS) is 18.2. The smallest absolute Gasteiger partial charge is 0.436 e. The van der Waals surface area contributed by atoms with Crippen LogP contribution in [-0.2, 0) is 19.2 Å². The average Bonchev–Trinajstić information content (AvgIpc) is 3.29. The molecule has 0 bridgehead atoms.